The molecular formula is C11H14BrN3O4. The number of primary amides is 1. The number of amides is 1. The van der Waals surface area contributed by atoms with Gasteiger partial charge < -0.3 is 15.8 Å². The second-order valence-corrected chi connectivity index (χ2v) is 4.61. The van der Waals surface area contributed by atoms with E-state index in [-0.39, 0.29) is 18.0 Å². The molecule has 3 N–H and O–H groups in total. The van der Waals surface area contributed by atoms with Crippen LogP contribution in [0.1, 0.15) is 6.92 Å². The molecule has 1 amide bonds. The van der Waals surface area contributed by atoms with E-state index in [0.29, 0.717) is 11.0 Å². The number of likely N-dealkylation sites (N-methyl/N-ethyl adjacent to an activating group) is 1. The van der Waals surface area contributed by atoms with Gasteiger partial charge in [0.05, 0.1) is 4.92 Å². The zero-order chi connectivity index (χ0) is 14.4. The maximum Gasteiger partial charge on any atom is 0.312 e. The SMILES string of the molecule is CCNC(COc1ccc(Br)cc1[N+](=O)[O-])C(N)=O. The molecule has 1 rings (SSSR count). The lowest BCUT2D eigenvalue weighted by Gasteiger charge is -2.15. The van der Waals surface area contributed by atoms with Crippen LogP contribution in [0.25, 0.3) is 0 Å². The van der Waals surface area contributed by atoms with Crippen LogP contribution in [-0.4, -0.2) is 30.0 Å². The molecule has 19 heavy (non-hydrogen) atoms. The molecule has 0 aliphatic rings. The molecule has 0 spiro atoms. The molecule has 0 fully saturated rings. The molecule has 0 aromatic heterocycles. The Morgan fingerprint density at radius 1 is 1.63 bits per heavy atom. The lowest BCUT2D eigenvalue weighted by Crippen LogP contribution is -2.45. The number of nitro groups is 1. The molecule has 0 saturated carbocycles. The van der Waals surface area contributed by atoms with E-state index in [1.165, 1.54) is 12.1 Å². The summed E-state index contributed by atoms with van der Waals surface area (Å²) in [4.78, 5) is 21.4. The van der Waals surface area contributed by atoms with Crippen LogP contribution in [-0.2, 0) is 4.79 Å². The third-order valence-corrected chi connectivity index (χ3v) is 2.81. The quantitative estimate of drug-likeness (QED) is 0.576. The van der Waals surface area contributed by atoms with Crippen molar-refractivity contribution >= 4 is 27.5 Å². The first-order chi connectivity index (χ1) is 8.95. The van der Waals surface area contributed by atoms with Gasteiger partial charge in [0.1, 0.15) is 12.6 Å². The number of hydrogen-bond acceptors (Lipinski definition) is 5. The number of carbonyl (C=O) groups excluding carboxylic acids is 1. The normalized spacial score (nSPS) is 11.9. The molecule has 8 heteroatoms. The Balaban J connectivity index is 2.82. The first-order valence-corrected chi connectivity index (χ1v) is 6.34. The molecule has 0 aliphatic heterocycles. The molecule has 1 aromatic rings. The van der Waals surface area contributed by atoms with E-state index in [9.17, 15) is 14.9 Å². The molecule has 0 radical (unpaired) electrons. The zero-order valence-electron chi connectivity index (χ0n) is 10.3. The van der Waals surface area contributed by atoms with Crippen LogP contribution >= 0.6 is 15.9 Å². The maximum absolute atomic E-state index is 11.1. The van der Waals surface area contributed by atoms with Gasteiger partial charge in [0.25, 0.3) is 0 Å². The highest BCUT2D eigenvalue weighted by Gasteiger charge is 2.19. The first kappa shape index (κ1) is 15.4. The van der Waals surface area contributed by atoms with Crippen LogP contribution in [0.5, 0.6) is 5.75 Å². The smallest absolute Gasteiger partial charge is 0.312 e. The second-order valence-electron chi connectivity index (χ2n) is 3.69. The van der Waals surface area contributed by atoms with Gasteiger partial charge in [0, 0.05) is 10.5 Å². The van der Waals surface area contributed by atoms with Crippen molar-refractivity contribution in [3.05, 3.63) is 32.8 Å². The van der Waals surface area contributed by atoms with E-state index in [1.807, 2.05) is 6.92 Å². The topological polar surface area (TPSA) is 107 Å². The molecule has 1 atom stereocenters. The van der Waals surface area contributed by atoms with Gasteiger partial charge in [-0.3, -0.25) is 14.9 Å². The fourth-order valence-corrected chi connectivity index (χ4v) is 1.77. The van der Waals surface area contributed by atoms with Gasteiger partial charge >= 0.3 is 5.69 Å². The largest absolute Gasteiger partial charge is 0.485 e. The highest BCUT2D eigenvalue weighted by atomic mass is 79.9. The number of hydrogen-bond donors (Lipinski definition) is 2. The average Bonchev–Trinajstić information content (AvgIpc) is 2.35. The number of carbonyl (C=O) groups is 1. The number of ether oxygens (including phenoxy) is 1. The molecule has 0 bridgehead atoms. The minimum absolute atomic E-state index is 0.0638. The first-order valence-electron chi connectivity index (χ1n) is 5.55. The maximum atomic E-state index is 11.1. The minimum atomic E-state index is -0.687. The van der Waals surface area contributed by atoms with E-state index in [0.717, 1.165) is 0 Å². The minimum Gasteiger partial charge on any atom is -0.485 e. The summed E-state index contributed by atoms with van der Waals surface area (Å²) in [5, 5.41) is 13.7. The van der Waals surface area contributed by atoms with Gasteiger partial charge in [-0.15, -0.1) is 0 Å². The summed E-state index contributed by atoms with van der Waals surface area (Å²) in [5.74, 6) is -0.473. The van der Waals surface area contributed by atoms with Crippen LogP contribution in [0.2, 0.25) is 0 Å². The number of nitrogens with zero attached hydrogens (tertiary/aromatic N) is 1. The predicted molar refractivity (Wildman–Crippen MR) is 73.0 cm³/mol. The van der Waals surface area contributed by atoms with Crippen molar-refractivity contribution in [1.82, 2.24) is 5.32 Å². The number of nitrogens with two attached hydrogens (primary N) is 1. The van der Waals surface area contributed by atoms with Gasteiger partial charge in [-0.1, -0.05) is 22.9 Å². The van der Waals surface area contributed by atoms with Gasteiger partial charge in [0.2, 0.25) is 5.91 Å². The van der Waals surface area contributed by atoms with Gasteiger partial charge in [-0.05, 0) is 18.7 Å². The number of nitro benzene ring substituents is 1. The summed E-state index contributed by atoms with van der Waals surface area (Å²) in [6, 6.07) is 3.73. The molecule has 7 nitrogen and oxygen atoms in total. The molecule has 0 heterocycles. The van der Waals surface area contributed by atoms with E-state index < -0.39 is 16.9 Å². The summed E-state index contributed by atoms with van der Waals surface area (Å²) in [6.45, 7) is 2.29. The van der Waals surface area contributed by atoms with Crippen molar-refractivity contribution < 1.29 is 14.5 Å². The summed E-state index contributed by atoms with van der Waals surface area (Å²) in [6.07, 6.45) is 0. The van der Waals surface area contributed by atoms with Crippen molar-refractivity contribution in [3.8, 4) is 5.75 Å². The average molecular weight is 332 g/mol. The van der Waals surface area contributed by atoms with Gasteiger partial charge in [-0.2, -0.15) is 0 Å². The number of rotatable bonds is 7. The highest BCUT2D eigenvalue weighted by Crippen LogP contribution is 2.30. The lowest BCUT2D eigenvalue weighted by atomic mass is 10.2. The summed E-state index contributed by atoms with van der Waals surface area (Å²) >= 11 is 3.15. The Morgan fingerprint density at radius 2 is 2.32 bits per heavy atom. The van der Waals surface area contributed by atoms with E-state index in [2.05, 4.69) is 21.2 Å². The van der Waals surface area contributed by atoms with Crippen LogP contribution in [0.3, 0.4) is 0 Å². The van der Waals surface area contributed by atoms with E-state index in [4.69, 9.17) is 10.5 Å². The predicted octanol–water partition coefficient (Wildman–Crippen LogP) is 1.20. The second kappa shape index (κ2) is 7.05. The molecular weight excluding hydrogens is 318 g/mol. The van der Waals surface area contributed by atoms with Crippen molar-refractivity contribution in [2.24, 2.45) is 5.73 Å². The monoisotopic (exact) mass is 331 g/mol. The molecule has 104 valence electrons. The Kier molecular flexibility index (Phi) is 5.71. The van der Waals surface area contributed by atoms with E-state index in [1.54, 1.807) is 6.07 Å². The number of nitrogens with one attached hydrogen (secondary N) is 1. The highest BCUT2D eigenvalue weighted by molar-refractivity contribution is 9.10. The molecule has 1 unspecified atom stereocenters. The molecule has 0 aliphatic carbocycles. The third kappa shape index (κ3) is 4.49. The number of halogens is 1. The molecule has 1 aromatic carbocycles. The summed E-state index contributed by atoms with van der Waals surface area (Å²) in [7, 11) is 0. The Labute approximate surface area is 118 Å². The zero-order valence-corrected chi connectivity index (χ0v) is 11.8. The van der Waals surface area contributed by atoms with Crippen molar-refractivity contribution in [2.45, 2.75) is 13.0 Å². The molecule has 0 saturated heterocycles. The lowest BCUT2D eigenvalue weighted by molar-refractivity contribution is -0.386. The van der Waals surface area contributed by atoms with Crippen molar-refractivity contribution in [3.63, 3.8) is 0 Å². The van der Waals surface area contributed by atoms with Crippen molar-refractivity contribution in [1.29, 1.82) is 0 Å². The van der Waals surface area contributed by atoms with E-state index >= 15 is 0 Å². The van der Waals surface area contributed by atoms with Crippen molar-refractivity contribution in [2.75, 3.05) is 13.2 Å². The summed E-state index contributed by atoms with van der Waals surface area (Å²) < 4.78 is 5.88. The fourth-order valence-electron chi connectivity index (χ4n) is 1.42. The van der Waals surface area contributed by atoms with Gasteiger partial charge in [-0.25, -0.2) is 0 Å². The Hall–Kier alpha value is -1.67. The van der Waals surface area contributed by atoms with Crippen LogP contribution in [0.15, 0.2) is 22.7 Å². The fraction of sp³-hybridized carbons (Fsp3) is 0.364. The summed E-state index contributed by atoms with van der Waals surface area (Å²) in [5.41, 5.74) is 5.01. The number of benzene rings is 1. The third-order valence-electron chi connectivity index (χ3n) is 2.32. The van der Waals surface area contributed by atoms with Crippen LogP contribution < -0.4 is 15.8 Å². The standard InChI is InChI=1S/C11H14BrN3O4/c1-2-14-8(11(13)16)6-19-10-4-3-7(12)5-9(10)15(17)18/h3-5,8,14H,2,6H2,1H3,(H2,13,16). The Bertz CT molecular complexity index is 481. The Morgan fingerprint density at radius 3 is 2.84 bits per heavy atom. The van der Waals surface area contributed by atoms with Gasteiger partial charge in [0.15, 0.2) is 5.75 Å². The van der Waals surface area contributed by atoms with Crippen LogP contribution in [0.4, 0.5) is 5.69 Å². The van der Waals surface area contributed by atoms with Crippen LogP contribution in [0, 0.1) is 10.1 Å².